The summed E-state index contributed by atoms with van der Waals surface area (Å²) in [6.45, 7) is 0. The van der Waals surface area contributed by atoms with Gasteiger partial charge in [-0.3, -0.25) is 5.43 Å². The molecule has 1 aromatic rings. The Balaban J connectivity index is 2.26. The molecule has 5 N–H and O–H groups in total. The molecule has 1 heterocycles. The van der Waals surface area contributed by atoms with Crippen molar-refractivity contribution in [1.82, 2.24) is 0 Å². The van der Waals surface area contributed by atoms with E-state index in [-0.39, 0.29) is 11.4 Å². The van der Waals surface area contributed by atoms with Crippen molar-refractivity contribution in [3.05, 3.63) is 41.6 Å². The number of nitrogens with zero attached hydrogens (tertiary/aromatic N) is 3. The van der Waals surface area contributed by atoms with Gasteiger partial charge in [-0.2, -0.15) is 10.4 Å². The van der Waals surface area contributed by atoms with Gasteiger partial charge in [0.1, 0.15) is 17.5 Å². The number of nitrogens with one attached hydrogen (secondary N) is 1. The maximum atomic E-state index is 9.01. The lowest BCUT2D eigenvalue weighted by Gasteiger charge is -2.12. The molecule has 0 saturated heterocycles. The second kappa shape index (κ2) is 5.01. The number of nitriles is 1. The van der Waals surface area contributed by atoms with Crippen molar-refractivity contribution >= 4 is 17.4 Å². The summed E-state index contributed by atoms with van der Waals surface area (Å²) in [5.74, 6) is 0.558. The van der Waals surface area contributed by atoms with Crippen LogP contribution < -0.4 is 16.9 Å². The molecule has 0 radical (unpaired) electrons. The number of anilines is 1. The molecule has 90 valence electrons. The van der Waals surface area contributed by atoms with Gasteiger partial charge in [0.15, 0.2) is 5.84 Å². The largest absolute Gasteiger partial charge is 0.400 e. The third-order valence-electron chi connectivity index (χ3n) is 2.34. The molecule has 6 heteroatoms. The minimum Gasteiger partial charge on any atom is -0.400 e. The zero-order valence-electron chi connectivity index (χ0n) is 9.59. The van der Waals surface area contributed by atoms with Crippen molar-refractivity contribution in [2.24, 2.45) is 21.6 Å². The third kappa shape index (κ3) is 2.47. The lowest BCUT2D eigenvalue weighted by molar-refractivity contribution is 1.14. The highest BCUT2D eigenvalue weighted by Gasteiger charge is 2.17. The number of amidine groups is 2. The summed E-state index contributed by atoms with van der Waals surface area (Å²) in [4.78, 5) is 4.02. The van der Waals surface area contributed by atoms with E-state index in [2.05, 4.69) is 15.5 Å². The number of hydrogen-bond acceptors (Lipinski definition) is 5. The summed E-state index contributed by atoms with van der Waals surface area (Å²) in [7, 11) is 0. The van der Waals surface area contributed by atoms with Crippen LogP contribution in [0.4, 0.5) is 5.69 Å². The number of para-hydroxylation sites is 1. The van der Waals surface area contributed by atoms with Crippen molar-refractivity contribution in [2.75, 3.05) is 5.43 Å². The van der Waals surface area contributed by atoms with Gasteiger partial charge in [-0.1, -0.05) is 18.2 Å². The van der Waals surface area contributed by atoms with E-state index in [1.54, 1.807) is 0 Å². The number of aliphatic imine (C=N–C) groups is 1. The van der Waals surface area contributed by atoms with E-state index < -0.39 is 0 Å². The van der Waals surface area contributed by atoms with Crippen LogP contribution in [0.25, 0.3) is 0 Å². The number of hydrazone groups is 1. The average molecular weight is 240 g/mol. The summed E-state index contributed by atoms with van der Waals surface area (Å²) in [6, 6.07) is 11.3. The van der Waals surface area contributed by atoms with Crippen LogP contribution in [0, 0.1) is 11.3 Å². The molecule has 0 bridgehead atoms. The summed E-state index contributed by atoms with van der Waals surface area (Å²) in [5.41, 5.74) is 15.6. The molecule has 0 unspecified atom stereocenters. The minimum absolute atomic E-state index is 0.211. The number of nitrogens with two attached hydrogens (primary N) is 2. The number of rotatable bonds is 2. The van der Waals surface area contributed by atoms with E-state index in [9.17, 15) is 0 Å². The van der Waals surface area contributed by atoms with Gasteiger partial charge in [0.25, 0.3) is 0 Å². The van der Waals surface area contributed by atoms with Gasteiger partial charge < -0.3 is 11.5 Å². The third-order valence-corrected chi connectivity index (χ3v) is 2.34. The molecule has 0 saturated carbocycles. The molecule has 0 fully saturated rings. The van der Waals surface area contributed by atoms with Crippen molar-refractivity contribution < 1.29 is 0 Å². The van der Waals surface area contributed by atoms with E-state index in [0.29, 0.717) is 18.0 Å². The van der Waals surface area contributed by atoms with E-state index in [0.717, 1.165) is 5.69 Å². The van der Waals surface area contributed by atoms with E-state index in [1.165, 1.54) is 0 Å². The summed E-state index contributed by atoms with van der Waals surface area (Å²) >= 11 is 0. The first-order chi connectivity index (χ1) is 8.70. The molecule has 1 aliphatic rings. The molecule has 1 aromatic carbocycles. The molecule has 1 aliphatic heterocycles. The predicted molar refractivity (Wildman–Crippen MR) is 70.6 cm³/mol. The van der Waals surface area contributed by atoms with E-state index in [4.69, 9.17) is 16.7 Å². The molecular weight excluding hydrogens is 228 g/mol. The Labute approximate surface area is 104 Å². The normalized spacial score (nSPS) is 17.3. The standard InChI is InChI=1S/C12H12N6/c13-7-9-10(14)6-11(15)16-12(9)18-17-8-4-2-1-3-5-8/h1-5,17H,6,14H2,(H2,15,16,18). The fourth-order valence-electron chi connectivity index (χ4n) is 1.49. The molecule has 18 heavy (non-hydrogen) atoms. The van der Waals surface area contributed by atoms with Crippen LogP contribution in [-0.2, 0) is 0 Å². The molecule has 0 spiro atoms. The zero-order chi connectivity index (χ0) is 13.0. The van der Waals surface area contributed by atoms with Crippen molar-refractivity contribution in [3.63, 3.8) is 0 Å². The zero-order valence-corrected chi connectivity index (χ0v) is 9.59. The topological polar surface area (TPSA) is 113 Å². The number of dihydropyridines is 1. The van der Waals surface area contributed by atoms with Gasteiger partial charge in [0.2, 0.25) is 0 Å². The van der Waals surface area contributed by atoms with Crippen LogP contribution >= 0.6 is 0 Å². The highest BCUT2D eigenvalue weighted by Crippen LogP contribution is 2.13. The highest BCUT2D eigenvalue weighted by molar-refractivity contribution is 6.12. The van der Waals surface area contributed by atoms with Crippen LogP contribution in [0.5, 0.6) is 0 Å². The molecule has 0 aromatic heterocycles. The fourth-order valence-corrected chi connectivity index (χ4v) is 1.49. The quantitative estimate of drug-likeness (QED) is 0.667. The van der Waals surface area contributed by atoms with Gasteiger partial charge >= 0.3 is 0 Å². The van der Waals surface area contributed by atoms with Crippen LogP contribution in [0.1, 0.15) is 6.42 Å². The van der Waals surface area contributed by atoms with E-state index >= 15 is 0 Å². The van der Waals surface area contributed by atoms with Gasteiger partial charge in [-0.25, -0.2) is 4.99 Å². The number of hydrogen-bond donors (Lipinski definition) is 3. The van der Waals surface area contributed by atoms with Crippen molar-refractivity contribution in [1.29, 1.82) is 5.26 Å². The summed E-state index contributed by atoms with van der Waals surface area (Å²) < 4.78 is 0. The lowest BCUT2D eigenvalue weighted by atomic mass is 10.1. The Kier molecular flexibility index (Phi) is 3.25. The Morgan fingerprint density at radius 1 is 1.28 bits per heavy atom. The minimum atomic E-state index is 0.211. The van der Waals surface area contributed by atoms with Crippen molar-refractivity contribution in [2.45, 2.75) is 6.42 Å². The predicted octanol–water partition coefficient (Wildman–Crippen LogP) is 0.909. The Morgan fingerprint density at radius 3 is 2.67 bits per heavy atom. The molecule has 0 atom stereocenters. The van der Waals surface area contributed by atoms with Crippen LogP contribution in [-0.4, -0.2) is 11.7 Å². The first kappa shape index (κ1) is 11.7. The number of benzene rings is 1. The van der Waals surface area contributed by atoms with Gasteiger partial charge in [-0.05, 0) is 12.1 Å². The Hall–Kier alpha value is -2.81. The fraction of sp³-hybridized carbons (Fsp3) is 0.0833. The average Bonchev–Trinajstić information content (AvgIpc) is 2.37. The van der Waals surface area contributed by atoms with Gasteiger partial charge in [0, 0.05) is 12.1 Å². The van der Waals surface area contributed by atoms with Gasteiger partial charge in [-0.15, -0.1) is 0 Å². The van der Waals surface area contributed by atoms with Crippen LogP contribution in [0.3, 0.4) is 0 Å². The summed E-state index contributed by atoms with van der Waals surface area (Å²) in [6.07, 6.45) is 0.299. The second-order valence-electron chi connectivity index (χ2n) is 3.71. The Bertz CT molecular complexity index is 576. The molecule has 0 amide bonds. The SMILES string of the molecule is N#CC1=C(N)CC(N)=N/C1=N/Nc1ccccc1. The maximum Gasteiger partial charge on any atom is 0.193 e. The van der Waals surface area contributed by atoms with E-state index in [1.807, 2.05) is 36.4 Å². The summed E-state index contributed by atoms with van der Waals surface area (Å²) in [5, 5.41) is 13.1. The first-order valence-corrected chi connectivity index (χ1v) is 5.31. The van der Waals surface area contributed by atoms with Crippen LogP contribution in [0.2, 0.25) is 0 Å². The van der Waals surface area contributed by atoms with Crippen molar-refractivity contribution in [3.8, 4) is 6.07 Å². The molecular formula is C12H12N6. The molecule has 2 rings (SSSR count). The lowest BCUT2D eigenvalue weighted by Crippen LogP contribution is -2.25. The second-order valence-corrected chi connectivity index (χ2v) is 3.71. The molecule has 0 aliphatic carbocycles. The van der Waals surface area contributed by atoms with Crippen LogP contribution in [0.15, 0.2) is 51.7 Å². The molecule has 6 nitrogen and oxygen atoms in total. The smallest absolute Gasteiger partial charge is 0.193 e. The maximum absolute atomic E-state index is 9.01. The Morgan fingerprint density at radius 2 is 2.00 bits per heavy atom. The first-order valence-electron chi connectivity index (χ1n) is 5.31. The van der Waals surface area contributed by atoms with Gasteiger partial charge in [0.05, 0.1) is 5.69 Å². The monoisotopic (exact) mass is 240 g/mol. The highest BCUT2D eigenvalue weighted by atomic mass is 15.3.